The van der Waals surface area contributed by atoms with E-state index in [0.29, 0.717) is 16.3 Å². The van der Waals surface area contributed by atoms with Gasteiger partial charge < -0.3 is 10.1 Å². The van der Waals surface area contributed by atoms with Crippen molar-refractivity contribution < 1.29 is 9.53 Å². The SMILES string of the molecule is Cc1cc(Cl)cc(C)c1NC(=O)COc1ccc(C#N)cc1. The molecule has 112 valence electrons. The van der Waals surface area contributed by atoms with Gasteiger partial charge in [0, 0.05) is 10.7 Å². The number of benzene rings is 2. The number of carbonyl (C=O) groups excluding carboxylic acids is 1. The molecule has 5 heteroatoms. The maximum atomic E-state index is 12.0. The van der Waals surface area contributed by atoms with E-state index in [1.165, 1.54) is 0 Å². The van der Waals surface area contributed by atoms with Crippen molar-refractivity contribution in [3.8, 4) is 11.8 Å². The lowest BCUT2D eigenvalue weighted by Crippen LogP contribution is -2.21. The van der Waals surface area contributed by atoms with Gasteiger partial charge in [-0.3, -0.25) is 4.79 Å². The maximum absolute atomic E-state index is 12.0. The molecule has 0 aliphatic carbocycles. The van der Waals surface area contributed by atoms with Crippen molar-refractivity contribution in [2.45, 2.75) is 13.8 Å². The number of carbonyl (C=O) groups is 1. The van der Waals surface area contributed by atoms with Gasteiger partial charge in [0.2, 0.25) is 0 Å². The minimum Gasteiger partial charge on any atom is -0.484 e. The number of nitriles is 1. The third kappa shape index (κ3) is 4.00. The van der Waals surface area contributed by atoms with Gasteiger partial charge >= 0.3 is 0 Å². The fraction of sp³-hybridized carbons (Fsp3) is 0.176. The minimum atomic E-state index is -0.252. The van der Waals surface area contributed by atoms with Crippen LogP contribution in [0, 0.1) is 25.2 Å². The van der Waals surface area contributed by atoms with Crippen molar-refractivity contribution in [2.75, 3.05) is 11.9 Å². The highest BCUT2D eigenvalue weighted by Gasteiger charge is 2.09. The molecule has 0 bridgehead atoms. The van der Waals surface area contributed by atoms with Crippen LogP contribution in [0.15, 0.2) is 36.4 Å². The smallest absolute Gasteiger partial charge is 0.262 e. The second-order valence-corrected chi connectivity index (χ2v) is 5.32. The number of ether oxygens (including phenoxy) is 1. The summed E-state index contributed by atoms with van der Waals surface area (Å²) < 4.78 is 5.40. The highest BCUT2D eigenvalue weighted by Crippen LogP contribution is 2.24. The minimum absolute atomic E-state index is 0.104. The molecule has 0 fully saturated rings. The summed E-state index contributed by atoms with van der Waals surface area (Å²) in [6, 6.07) is 12.2. The highest BCUT2D eigenvalue weighted by atomic mass is 35.5. The first-order valence-corrected chi connectivity index (χ1v) is 7.07. The van der Waals surface area contributed by atoms with E-state index in [1.54, 1.807) is 36.4 Å². The van der Waals surface area contributed by atoms with Gasteiger partial charge in [-0.2, -0.15) is 5.26 Å². The Morgan fingerprint density at radius 2 is 1.82 bits per heavy atom. The van der Waals surface area contributed by atoms with Crippen LogP contribution in [0.4, 0.5) is 5.69 Å². The van der Waals surface area contributed by atoms with Gasteiger partial charge in [-0.1, -0.05) is 11.6 Å². The monoisotopic (exact) mass is 314 g/mol. The first-order chi connectivity index (χ1) is 10.5. The Morgan fingerprint density at radius 1 is 1.23 bits per heavy atom. The summed E-state index contributed by atoms with van der Waals surface area (Å²) in [5.74, 6) is 0.289. The Kier molecular flexibility index (Phi) is 5.03. The number of nitrogens with zero attached hydrogens (tertiary/aromatic N) is 1. The Morgan fingerprint density at radius 3 is 2.36 bits per heavy atom. The van der Waals surface area contributed by atoms with Crippen LogP contribution in [0.25, 0.3) is 0 Å². The third-order valence-corrected chi connectivity index (χ3v) is 3.33. The average molecular weight is 315 g/mol. The van der Waals surface area contributed by atoms with E-state index in [1.807, 2.05) is 19.9 Å². The van der Waals surface area contributed by atoms with Crippen LogP contribution in [0.3, 0.4) is 0 Å². The average Bonchev–Trinajstić information content (AvgIpc) is 2.49. The molecule has 0 radical (unpaired) electrons. The fourth-order valence-corrected chi connectivity index (χ4v) is 2.39. The number of hydrogen-bond acceptors (Lipinski definition) is 3. The second kappa shape index (κ2) is 6.97. The Balaban J connectivity index is 1.97. The van der Waals surface area contributed by atoms with Gasteiger partial charge in [-0.05, 0) is 61.4 Å². The van der Waals surface area contributed by atoms with Crippen molar-refractivity contribution in [2.24, 2.45) is 0 Å². The Labute approximate surface area is 134 Å². The van der Waals surface area contributed by atoms with Crippen LogP contribution < -0.4 is 10.1 Å². The van der Waals surface area contributed by atoms with Gasteiger partial charge in [0.15, 0.2) is 6.61 Å². The van der Waals surface area contributed by atoms with E-state index in [0.717, 1.165) is 16.8 Å². The number of amides is 1. The van der Waals surface area contributed by atoms with Gasteiger partial charge in [-0.25, -0.2) is 0 Å². The number of halogens is 1. The fourth-order valence-electron chi connectivity index (χ4n) is 2.06. The molecule has 0 aliphatic heterocycles. The van der Waals surface area contributed by atoms with Gasteiger partial charge in [0.1, 0.15) is 5.75 Å². The van der Waals surface area contributed by atoms with Crippen LogP contribution in [-0.2, 0) is 4.79 Å². The molecular weight excluding hydrogens is 300 g/mol. The first-order valence-electron chi connectivity index (χ1n) is 6.69. The second-order valence-electron chi connectivity index (χ2n) is 4.89. The first kappa shape index (κ1) is 15.9. The molecule has 2 aromatic rings. The number of hydrogen-bond donors (Lipinski definition) is 1. The molecular formula is C17H15ClN2O2. The number of anilines is 1. The lowest BCUT2D eigenvalue weighted by molar-refractivity contribution is -0.118. The summed E-state index contributed by atoms with van der Waals surface area (Å²) in [6.07, 6.45) is 0. The molecule has 2 rings (SSSR count). The number of nitrogens with one attached hydrogen (secondary N) is 1. The summed E-state index contributed by atoms with van der Waals surface area (Å²) >= 11 is 5.96. The third-order valence-electron chi connectivity index (χ3n) is 3.12. The standard InChI is InChI=1S/C17H15ClN2O2/c1-11-7-14(18)8-12(2)17(11)20-16(21)10-22-15-5-3-13(9-19)4-6-15/h3-8H,10H2,1-2H3,(H,20,21). The molecule has 0 unspecified atom stereocenters. The van der Waals surface area contributed by atoms with Crippen LogP contribution in [0.2, 0.25) is 5.02 Å². The molecule has 0 heterocycles. The van der Waals surface area contributed by atoms with Crippen LogP contribution in [0.5, 0.6) is 5.75 Å². The predicted octanol–water partition coefficient (Wildman–Crippen LogP) is 3.85. The van der Waals surface area contributed by atoms with Crippen molar-refractivity contribution in [1.29, 1.82) is 5.26 Å². The predicted molar refractivity (Wildman–Crippen MR) is 86.2 cm³/mol. The Hall–Kier alpha value is -2.51. The lowest BCUT2D eigenvalue weighted by Gasteiger charge is -2.12. The molecule has 1 N–H and O–H groups in total. The summed E-state index contributed by atoms with van der Waals surface area (Å²) in [6.45, 7) is 3.67. The molecule has 0 aromatic heterocycles. The van der Waals surface area contributed by atoms with Crippen LogP contribution >= 0.6 is 11.6 Å². The zero-order chi connectivity index (χ0) is 16.1. The molecule has 0 saturated carbocycles. The van der Waals surface area contributed by atoms with Crippen molar-refractivity contribution in [3.63, 3.8) is 0 Å². The van der Waals surface area contributed by atoms with E-state index in [-0.39, 0.29) is 12.5 Å². The van der Waals surface area contributed by atoms with E-state index < -0.39 is 0 Å². The van der Waals surface area contributed by atoms with Gasteiger partial charge in [0.05, 0.1) is 11.6 Å². The van der Waals surface area contributed by atoms with E-state index in [2.05, 4.69) is 5.32 Å². The quantitative estimate of drug-likeness (QED) is 0.932. The van der Waals surface area contributed by atoms with Crippen LogP contribution in [-0.4, -0.2) is 12.5 Å². The number of rotatable bonds is 4. The van der Waals surface area contributed by atoms with Gasteiger partial charge in [0.25, 0.3) is 5.91 Å². The largest absolute Gasteiger partial charge is 0.484 e. The topological polar surface area (TPSA) is 62.1 Å². The molecule has 0 saturated heterocycles. The molecule has 2 aromatic carbocycles. The van der Waals surface area contributed by atoms with Crippen molar-refractivity contribution >= 4 is 23.2 Å². The number of aryl methyl sites for hydroxylation is 2. The summed E-state index contributed by atoms with van der Waals surface area (Å²) in [5, 5.41) is 12.2. The van der Waals surface area contributed by atoms with Crippen molar-refractivity contribution in [3.05, 3.63) is 58.1 Å². The molecule has 22 heavy (non-hydrogen) atoms. The van der Waals surface area contributed by atoms with E-state index in [9.17, 15) is 4.79 Å². The maximum Gasteiger partial charge on any atom is 0.262 e. The Bertz CT molecular complexity index is 710. The normalized spacial score (nSPS) is 9.91. The van der Waals surface area contributed by atoms with Crippen molar-refractivity contribution in [1.82, 2.24) is 0 Å². The summed E-state index contributed by atoms with van der Waals surface area (Å²) in [4.78, 5) is 12.0. The van der Waals surface area contributed by atoms with Crippen LogP contribution in [0.1, 0.15) is 16.7 Å². The van der Waals surface area contributed by atoms with E-state index in [4.69, 9.17) is 21.6 Å². The molecule has 0 atom stereocenters. The highest BCUT2D eigenvalue weighted by molar-refractivity contribution is 6.30. The van der Waals surface area contributed by atoms with E-state index >= 15 is 0 Å². The summed E-state index contributed by atoms with van der Waals surface area (Å²) in [7, 11) is 0. The molecule has 0 spiro atoms. The zero-order valence-corrected chi connectivity index (χ0v) is 13.1. The van der Waals surface area contributed by atoms with Gasteiger partial charge in [-0.15, -0.1) is 0 Å². The molecule has 1 amide bonds. The zero-order valence-electron chi connectivity index (χ0n) is 12.3. The summed E-state index contributed by atoms with van der Waals surface area (Å²) in [5.41, 5.74) is 3.09. The molecule has 0 aliphatic rings. The molecule has 4 nitrogen and oxygen atoms in total. The lowest BCUT2D eigenvalue weighted by atomic mass is 10.1.